The second-order valence-corrected chi connectivity index (χ2v) is 4.49. The highest BCUT2D eigenvalue weighted by Gasteiger charge is 2.12. The van der Waals surface area contributed by atoms with Crippen LogP contribution >= 0.6 is 0 Å². The minimum absolute atomic E-state index is 0.0183. The third kappa shape index (κ3) is 2.58. The molecule has 0 radical (unpaired) electrons. The predicted octanol–water partition coefficient (Wildman–Crippen LogP) is -0.0751. The van der Waals surface area contributed by atoms with E-state index in [2.05, 4.69) is 10.0 Å². The Balaban J connectivity index is 2.75. The van der Waals surface area contributed by atoms with Gasteiger partial charge in [0, 0.05) is 5.70 Å². The van der Waals surface area contributed by atoms with Gasteiger partial charge in [0.2, 0.25) is 10.0 Å². The Morgan fingerprint density at radius 2 is 2.25 bits per heavy atom. The van der Waals surface area contributed by atoms with Crippen molar-refractivity contribution in [2.75, 3.05) is 6.26 Å². The smallest absolute Gasteiger partial charge is 0.229 e. The van der Waals surface area contributed by atoms with Crippen molar-refractivity contribution in [2.24, 2.45) is 0 Å². The monoisotopic (exact) mass is 188 g/mol. The van der Waals surface area contributed by atoms with E-state index in [1.807, 2.05) is 6.92 Å². The Bertz CT molecular complexity index is 316. The molecule has 0 bridgehead atoms. The number of hydrogen-bond donors (Lipinski definition) is 2. The minimum Gasteiger partial charge on any atom is -0.383 e. The molecule has 1 heterocycles. The Morgan fingerprint density at radius 1 is 1.58 bits per heavy atom. The molecule has 0 aromatic heterocycles. The minimum atomic E-state index is -3.15. The molecule has 4 nitrogen and oxygen atoms in total. The average Bonchev–Trinajstić information content (AvgIpc) is 1.91. The second-order valence-electron chi connectivity index (χ2n) is 2.74. The van der Waals surface area contributed by atoms with Crippen LogP contribution < -0.4 is 10.0 Å². The zero-order chi connectivity index (χ0) is 9.19. The molecule has 1 unspecified atom stereocenters. The SMILES string of the molecule is CC1NC=CC=C1NS(C)(=O)=O. The zero-order valence-corrected chi connectivity index (χ0v) is 7.85. The summed E-state index contributed by atoms with van der Waals surface area (Å²) in [5.41, 5.74) is 0.667. The summed E-state index contributed by atoms with van der Waals surface area (Å²) < 4.78 is 24.1. The summed E-state index contributed by atoms with van der Waals surface area (Å²) in [5.74, 6) is 0. The molecule has 1 aliphatic heterocycles. The summed E-state index contributed by atoms with van der Waals surface area (Å²) in [6.45, 7) is 1.88. The maximum atomic E-state index is 10.8. The van der Waals surface area contributed by atoms with Crippen LogP contribution in [0.25, 0.3) is 0 Å². The van der Waals surface area contributed by atoms with Crippen molar-refractivity contribution in [2.45, 2.75) is 13.0 Å². The molecule has 2 N–H and O–H groups in total. The van der Waals surface area contributed by atoms with E-state index in [1.165, 1.54) is 0 Å². The molecule has 1 aliphatic rings. The van der Waals surface area contributed by atoms with E-state index >= 15 is 0 Å². The van der Waals surface area contributed by atoms with E-state index in [-0.39, 0.29) is 6.04 Å². The fourth-order valence-corrected chi connectivity index (χ4v) is 1.60. The summed E-state index contributed by atoms with van der Waals surface area (Å²) in [7, 11) is -3.15. The third-order valence-corrected chi connectivity index (χ3v) is 2.09. The molecule has 0 amide bonds. The lowest BCUT2D eigenvalue weighted by Crippen LogP contribution is -2.35. The average molecular weight is 188 g/mol. The van der Waals surface area contributed by atoms with Crippen molar-refractivity contribution in [3.05, 3.63) is 24.0 Å². The normalized spacial score (nSPS) is 22.8. The maximum Gasteiger partial charge on any atom is 0.229 e. The largest absolute Gasteiger partial charge is 0.383 e. The van der Waals surface area contributed by atoms with Crippen LogP contribution in [0.3, 0.4) is 0 Å². The Labute approximate surface area is 72.4 Å². The van der Waals surface area contributed by atoms with Gasteiger partial charge < -0.3 is 5.32 Å². The molecule has 0 fully saturated rings. The van der Waals surface area contributed by atoms with Crippen LogP contribution in [0.1, 0.15) is 6.92 Å². The van der Waals surface area contributed by atoms with Crippen LogP contribution in [0, 0.1) is 0 Å². The number of nitrogens with one attached hydrogen (secondary N) is 2. The lowest BCUT2D eigenvalue weighted by Gasteiger charge is -2.19. The summed E-state index contributed by atoms with van der Waals surface area (Å²) in [6, 6.07) is 0.0183. The molecule has 0 aromatic carbocycles. The van der Waals surface area contributed by atoms with E-state index in [4.69, 9.17) is 0 Å². The summed E-state index contributed by atoms with van der Waals surface area (Å²) in [4.78, 5) is 0. The fourth-order valence-electron chi connectivity index (χ4n) is 0.922. The van der Waals surface area contributed by atoms with Crippen LogP contribution in [-0.4, -0.2) is 20.7 Å². The van der Waals surface area contributed by atoms with Crippen LogP contribution in [0.5, 0.6) is 0 Å². The van der Waals surface area contributed by atoms with Gasteiger partial charge in [0.25, 0.3) is 0 Å². The van der Waals surface area contributed by atoms with Gasteiger partial charge in [0.15, 0.2) is 0 Å². The van der Waals surface area contributed by atoms with Crippen LogP contribution in [0.2, 0.25) is 0 Å². The van der Waals surface area contributed by atoms with E-state index in [0.717, 1.165) is 6.26 Å². The Kier molecular flexibility index (Phi) is 2.42. The number of hydrogen-bond acceptors (Lipinski definition) is 3. The maximum absolute atomic E-state index is 10.8. The van der Waals surface area contributed by atoms with Gasteiger partial charge in [0.1, 0.15) is 0 Å². The first-order valence-electron chi connectivity index (χ1n) is 3.59. The molecule has 1 rings (SSSR count). The molecular weight excluding hydrogens is 176 g/mol. The van der Waals surface area contributed by atoms with Gasteiger partial charge in [-0.2, -0.15) is 0 Å². The number of allylic oxidation sites excluding steroid dienone is 2. The molecule has 0 saturated carbocycles. The zero-order valence-electron chi connectivity index (χ0n) is 7.03. The van der Waals surface area contributed by atoms with Crippen molar-refractivity contribution in [1.29, 1.82) is 0 Å². The van der Waals surface area contributed by atoms with Gasteiger partial charge in [-0.1, -0.05) is 0 Å². The molecule has 0 spiro atoms. The molecule has 0 aliphatic carbocycles. The van der Waals surface area contributed by atoms with Gasteiger partial charge in [-0.25, -0.2) is 8.42 Å². The number of rotatable bonds is 2. The molecular formula is C7H12N2O2S. The molecule has 12 heavy (non-hydrogen) atoms. The van der Waals surface area contributed by atoms with E-state index in [1.54, 1.807) is 18.4 Å². The van der Waals surface area contributed by atoms with Crippen molar-refractivity contribution in [1.82, 2.24) is 10.0 Å². The highest BCUT2D eigenvalue weighted by molar-refractivity contribution is 7.88. The van der Waals surface area contributed by atoms with Crippen molar-refractivity contribution < 1.29 is 8.42 Å². The third-order valence-electron chi connectivity index (χ3n) is 1.49. The number of sulfonamides is 1. The van der Waals surface area contributed by atoms with Gasteiger partial charge in [0.05, 0.1) is 12.3 Å². The first-order chi connectivity index (χ1) is 5.49. The van der Waals surface area contributed by atoms with E-state index in [9.17, 15) is 8.42 Å². The summed E-state index contributed by atoms with van der Waals surface area (Å²) >= 11 is 0. The Morgan fingerprint density at radius 3 is 2.75 bits per heavy atom. The van der Waals surface area contributed by atoms with Crippen molar-refractivity contribution in [3.63, 3.8) is 0 Å². The Hall–Kier alpha value is -0.970. The second kappa shape index (κ2) is 3.18. The first-order valence-corrected chi connectivity index (χ1v) is 5.49. The molecule has 68 valence electrons. The van der Waals surface area contributed by atoms with Crippen molar-refractivity contribution >= 4 is 10.0 Å². The summed E-state index contributed by atoms with van der Waals surface area (Å²) in [6.07, 6.45) is 6.41. The highest BCUT2D eigenvalue weighted by atomic mass is 32.2. The lowest BCUT2D eigenvalue weighted by molar-refractivity contribution is 0.587. The summed E-state index contributed by atoms with van der Waals surface area (Å²) in [5, 5.41) is 2.98. The predicted molar refractivity (Wildman–Crippen MR) is 47.8 cm³/mol. The highest BCUT2D eigenvalue weighted by Crippen LogP contribution is 2.03. The molecule has 0 saturated heterocycles. The quantitative estimate of drug-likeness (QED) is 0.637. The molecule has 1 atom stereocenters. The van der Waals surface area contributed by atoms with E-state index in [0.29, 0.717) is 5.70 Å². The topological polar surface area (TPSA) is 58.2 Å². The molecule has 0 aromatic rings. The van der Waals surface area contributed by atoms with Crippen molar-refractivity contribution in [3.8, 4) is 0 Å². The van der Waals surface area contributed by atoms with E-state index < -0.39 is 10.0 Å². The van der Waals surface area contributed by atoms with Crippen LogP contribution in [0.4, 0.5) is 0 Å². The van der Waals surface area contributed by atoms with Crippen LogP contribution in [0.15, 0.2) is 24.0 Å². The lowest BCUT2D eigenvalue weighted by atomic mass is 10.2. The van der Waals surface area contributed by atoms with Gasteiger partial charge in [-0.15, -0.1) is 0 Å². The van der Waals surface area contributed by atoms with Crippen LogP contribution in [-0.2, 0) is 10.0 Å². The first kappa shape index (κ1) is 9.12. The van der Waals surface area contributed by atoms with Gasteiger partial charge in [-0.05, 0) is 25.3 Å². The standard InChI is InChI=1S/C7H12N2O2S/c1-6-7(4-3-5-8-6)9-12(2,10)11/h3-6,8-9H,1-2H3. The molecule has 5 heteroatoms. The number of dihydropyridines is 1. The fraction of sp³-hybridized carbons (Fsp3) is 0.429. The van der Waals surface area contributed by atoms with Gasteiger partial charge >= 0.3 is 0 Å². The van der Waals surface area contributed by atoms with Gasteiger partial charge in [-0.3, -0.25) is 4.72 Å².